The fraction of sp³-hybridized carbons (Fsp3) is 0.541. The zero-order chi connectivity index (χ0) is 59.1. The van der Waals surface area contributed by atoms with Gasteiger partial charge in [-0.05, 0) is 146 Å². The maximum Gasteiger partial charge on any atom is 0.343 e. The van der Waals surface area contributed by atoms with Crippen LogP contribution in [0.25, 0.3) is 30.6 Å². The molecule has 0 fully saturated rings. The van der Waals surface area contributed by atoms with Crippen LogP contribution in [0.15, 0.2) is 109 Å². The largest absolute Gasteiger partial charge is 0.494 e. The Morgan fingerprint density at radius 2 is 0.595 bits per heavy atom. The van der Waals surface area contributed by atoms with E-state index in [-0.39, 0.29) is 0 Å². The number of carbonyl (C=O) groups is 2. The Labute approximate surface area is 514 Å². The van der Waals surface area contributed by atoms with E-state index in [9.17, 15) is 9.59 Å². The molecule has 0 aliphatic heterocycles. The monoisotopic (exact) mass is 1180 g/mol. The zero-order valence-corrected chi connectivity index (χ0v) is 53.6. The van der Waals surface area contributed by atoms with Crippen LogP contribution in [-0.2, 0) is 0 Å². The SMILES string of the molecule is CCCCCCCCCCOc1ccc(C(=O)Oc2ccc(-c3ccc(-c4ccc(-c5ccc(OC(=O)c6cc(OCCCCCCCCCC)c(OCCCCCCCCCC)c(OCCCCCCCCCC)c6)cc5)s4)s3)cc2)cc1. The summed E-state index contributed by atoms with van der Waals surface area (Å²) >= 11 is 3.45. The highest BCUT2D eigenvalue weighted by Crippen LogP contribution is 2.42. The topological polar surface area (TPSA) is 89.5 Å². The summed E-state index contributed by atoms with van der Waals surface area (Å²) in [6.07, 6.45) is 39.1. The average Bonchev–Trinajstić information content (AvgIpc) is 4.39. The van der Waals surface area contributed by atoms with Crippen molar-refractivity contribution in [3.05, 3.63) is 120 Å². The maximum atomic E-state index is 14.1. The molecule has 0 unspecified atom stereocenters. The first-order chi connectivity index (χ1) is 41.4. The Morgan fingerprint density at radius 3 is 0.964 bits per heavy atom. The number of esters is 2. The second-order valence-electron chi connectivity index (χ2n) is 22.8. The fourth-order valence-corrected chi connectivity index (χ4v) is 12.5. The molecule has 6 rings (SSSR count). The third-order valence-corrected chi connectivity index (χ3v) is 18.0. The molecule has 4 aromatic carbocycles. The first-order valence-electron chi connectivity index (χ1n) is 33.0. The van der Waals surface area contributed by atoms with Crippen LogP contribution in [0.2, 0.25) is 0 Å². The Hall–Kier alpha value is -5.58. The Kier molecular flexibility index (Phi) is 33.3. The van der Waals surface area contributed by atoms with E-state index in [0.717, 1.165) is 76.5 Å². The number of hydrogen-bond acceptors (Lipinski definition) is 10. The van der Waals surface area contributed by atoms with E-state index in [0.29, 0.717) is 66.3 Å². The van der Waals surface area contributed by atoms with Crippen LogP contribution >= 0.6 is 22.7 Å². The lowest BCUT2D eigenvalue weighted by molar-refractivity contribution is 0.0724. The molecule has 0 bridgehead atoms. The summed E-state index contributed by atoms with van der Waals surface area (Å²) < 4.78 is 37.4. The molecule has 6 aromatic rings. The fourth-order valence-electron chi connectivity index (χ4n) is 10.4. The molecule has 0 saturated carbocycles. The third-order valence-electron chi connectivity index (χ3n) is 15.5. The molecule has 10 heteroatoms. The average molecular weight is 1180 g/mol. The van der Waals surface area contributed by atoms with E-state index >= 15 is 0 Å². The van der Waals surface area contributed by atoms with Crippen molar-refractivity contribution in [2.24, 2.45) is 0 Å². The van der Waals surface area contributed by atoms with Crippen LogP contribution in [0.3, 0.4) is 0 Å². The highest BCUT2D eigenvalue weighted by Gasteiger charge is 2.21. The molecule has 0 aliphatic carbocycles. The number of ether oxygens (including phenoxy) is 6. The van der Waals surface area contributed by atoms with Gasteiger partial charge in [0.15, 0.2) is 11.5 Å². The van der Waals surface area contributed by atoms with E-state index in [1.54, 1.807) is 46.9 Å². The number of hydrogen-bond donors (Lipinski definition) is 0. The lowest BCUT2D eigenvalue weighted by Crippen LogP contribution is -2.12. The van der Waals surface area contributed by atoms with Crippen molar-refractivity contribution in [3.8, 4) is 65.1 Å². The van der Waals surface area contributed by atoms with Gasteiger partial charge < -0.3 is 28.4 Å². The van der Waals surface area contributed by atoms with E-state index in [2.05, 4.69) is 52.0 Å². The first kappa shape index (κ1) is 67.5. The minimum absolute atomic E-state index is 0.375. The highest BCUT2D eigenvalue weighted by atomic mass is 32.1. The molecule has 0 amide bonds. The predicted octanol–water partition coefficient (Wildman–Crippen LogP) is 23.3. The molecule has 0 N–H and O–H groups in total. The molecule has 0 radical (unpaired) electrons. The van der Waals surface area contributed by atoms with Gasteiger partial charge in [-0.3, -0.25) is 0 Å². The van der Waals surface area contributed by atoms with E-state index in [1.807, 2.05) is 60.7 Å². The normalized spacial score (nSPS) is 11.2. The van der Waals surface area contributed by atoms with Crippen LogP contribution < -0.4 is 28.4 Å². The quantitative estimate of drug-likeness (QED) is 0.0212. The molecule has 0 saturated heterocycles. The molecular weight excluding hydrogens is 1080 g/mol. The van der Waals surface area contributed by atoms with E-state index in [1.165, 1.54) is 165 Å². The van der Waals surface area contributed by atoms with Gasteiger partial charge >= 0.3 is 11.9 Å². The summed E-state index contributed by atoms with van der Waals surface area (Å²) in [5.41, 5.74) is 2.95. The summed E-state index contributed by atoms with van der Waals surface area (Å²) in [7, 11) is 0. The number of thiophene rings is 2. The standard InChI is InChI=1S/C74H102O8S2/c1-5-9-13-17-21-25-29-33-53-77-63-43-41-61(42-44-63)73(75)81-64-45-37-59(38-46-64)68-49-51-70(83-68)71-52-50-69(84-71)60-39-47-65(48-40-60)82-74(76)62-57-66(78-54-34-30-26-22-18-14-10-6-2)72(80-56-36-32-28-24-20-16-12-8-4)67(58-62)79-55-35-31-27-23-19-15-11-7-3/h37-52,57-58H,5-36,53-56H2,1-4H3. The first-order valence-corrected chi connectivity index (χ1v) is 34.7. The second kappa shape index (κ2) is 41.5. The van der Waals surface area contributed by atoms with Crippen molar-refractivity contribution in [2.45, 2.75) is 233 Å². The lowest BCUT2D eigenvalue weighted by atomic mass is 10.1. The van der Waals surface area contributed by atoms with Crippen molar-refractivity contribution in [1.82, 2.24) is 0 Å². The van der Waals surface area contributed by atoms with Crippen LogP contribution in [0, 0.1) is 0 Å². The van der Waals surface area contributed by atoms with Crippen LogP contribution in [0.5, 0.6) is 34.5 Å². The molecule has 2 heterocycles. The van der Waals surface area contributed by atoms with Crippen LogP contribution in [-0.4, -0.2) is 38.4 Å². The summed E-state index contributed by atoms with van der Waals surface area (Å²) in [6, 6.07) is 34.8. The van der Waals surface area contributed by atoms with Gasteiger partial charge in [-0.15, -0.1) is 22.7 Å². The van der Waals surface area contributed by atoms with Crippen LogP contribution in [0.1, 0.15) is 254 Å². The smallest absolute Gasteiger partial charge is 0.343 e. The van der Waals surface area contributed by atoms with Gasteiger partial charge in [-0.25, -0.2) is 9.59 Å². The van der Waals surface area contributed by atoms with Crippen molar-refractivity contribution < 1.29 is 38.0 Å². The Bertz CT molecular complexity index is 2640. The number of carbonyl (C=O) groups excluding carboxylic acids is 2. The van der Waals surface area contributed by atoms with Gasteiger partial charge in [0.25, 0.3) is 0 Å². The van der Waals surface area contributed by atoms with Gasteiger partial charge in [0, 0.05) is 19.5 Å². The molecule has 84 heavy (non-hydrogen) atoms. The Balaban J connectivity index is 1.04. The zero-order valence-electron chi connectivity index (χ0n) is 51.9. The molecule has 0 atom stereocenters. The summed E-state index contributed by atoms with van der Waals surface area (Å²) in [6.45, 7) is 11.4. The predicted molar refractivity (Wildman–Crippen MR) is 354 cm³/mol. The van der Waals surface area contributed by atoms with Gasteiger partial charge in [0.1, 0.15) is 17.2 Å². The molecular formula is C74H102O8S2. The number of rotatable bonds is 47. The van der Waals surface area contributed by atoms with Gasteiger partial charge in [-0.2, -0.15) is 0 Å². The van der Waals surface area contributed by atoms with Gasteiger partial charge in [0.05, 0.1) is 37.6 Å². The number of unbranched alkanes of at least 4 members (excludes halogenated alkanes) is 28. The van der Waals surface area contributed by atoms with Gasteiger partial charge in [0.2, 0.25) is 5.75 Å². The molecule has 8 nitrogen and oxygen atoms in total. The number of benzene rings is 4. The van der Waals surface area contributed by atoms with Gasteiger partial charge in [-0.1, -0.05) is 207 Å². The molecule has 2 aromatic heterocycles. The summed E-state index contributed by atoms with van der Waals surface area (Å²) in [5, 5.41) is 0. The highest BCUT2D eigenvalue weighted by molar-refractivity contribution is 7.25. The van der Waals surface area contributed by atoms with Crippen LogP contribution in [0.4, 0.5) is 0 Å². The minimum atomic E-state index is -0.468. The Morgan fingerprint density at radius 1 is 0.298 bits per heavy atom. The second-order valence-corrected chi connectivity index (χ2v) is 24.9. The lowest BCUT2D eigenvalue weighted by Gasteiger charge is -2.19. The van der Waals surface area contributed by atoms with Crippen molar-refractivity contribution in [2.75, 3.05) is 26.4 Å². The van der Waals surface area contributed by atoms with Crippen molar-refractivity contribution >= 4 is 34.6 Å². The van der Waals surface area contributed by atoms with Crippen molar-refractivity contribution in [3.63, 3.8) is 0 Å². The summed E-state index contributed by atoms with van der Waals surface area (Å²) in [4.78, 5) is 31.7. The maximum absolute atomic E-state index is 14.1. The third kappa shape index (κ3) is 25.6. The van der Waals surface area contributed by atoms with E-state index < -0.39 is 11.9 Å². The van der Waals surface area contributed by atoms with E-state index in [4.69, 9.17) is 28.4 Å². The van der Waals surface area contributed by atoms with Crippen molar-refractivity contribution in [1.29, 1.82) is 0 Å². The molecule has 0 aliphatic rings. The molecule has 458 valence electrons. The minimum Gasteiger partial charge on any atom is -0.494 e. The molecule has 0 spiro atoms. The summed E-state index contributed by atoms with van der Waals surface area (Å²) in [5.74, 6) is 2.54.